The number of anilines is 2. The lowest BCUT2D eigenvalue weighted by atomic mass is 10.1. The molecule has 4 rings (SSSR count). The number of aryl methyl sites for hydroxylation is 2. The molecule has 15 heteroatoms. The number of fused-ring (bicyclic) bond motifs is 2. The Morgan fingerprint density at radius 1 is 0.767 bits per heavy atom. The first-order chi connectivity index (χ1) is 20.1. The van der Waals surface area contributed by atoms with Crippen LogP contribution in [0.5, 0.6) is 0 Å². The summed E-state index contributed by atoms with van der Waals surface area (Å²) in [4.78, 5) is 3.95. The largest absolute Gasteiger partial charge is 0.341 e. The number of halogens is 4. The smallest absolute Gasteiger partial charge is 0.264 e. The van der Waals surface area contributed by atoms with Gasteiger partial charge in [-0.25, -0.2) is 0 Å². The van der Waals surface area contributed by atoms with Crippen LogP contribution in [0, 0.1) is 0 Å². The average molecular weight is 712 g/mol. The third-order valence-corrected chi connectivity index (χ3v) is 10.2. The van der Waals surface area contributed by atoms with Crippen molar-refractivity contribution in [1.82, 2.24) is 4.57 Å². The molecule has 2 heterocycles. The minimum atomic E-state index is -4.14. The van der Waals surface area contributed by atoms with E-state index in [9.17, 15) is 25.9 Å². The van der Waals surface area contributed by atoms with Crippen molar-refractivity contribution in [3.63, 3.8) is 0 Å². The summed E-state index contributed by atoms with van der Waals surface area (Å²) in [7, 11) is -8.27. The predicted molar refractivity (Wildman–Crippen MR) is 177 cm³/mol. The Hall–Kier alpha value is -1.96. The summed E-state index contributed by atoms with van der Waals surface area (Å²) >= 11 is 25.4. The fourth-order valence-electron chi connectivity index (χ4n) is 5.39. The number of hydrogen-bond acceptors (Lipinski definition) is 6. The van der Waals surface area contributed by atoms with Crippen molar-refractivity contribution in [2.75, 3.05) is 34.4 Å². The molecule has 1 aliphatic heterocycles. The molecule has 0 spiro atoms. The van der Waals surface area contributed by atoms with Gasteiger partial charge in [0.25, 0.3) is 20.2 Å². The van der Waals surface area contributed by atoms with E-state index in [1.54, 1.807) is 24.3 Å². The van der Waals surface area contributed by atoms with Crippen LogP contribution in [0.4, 0.5) is 11.4 Å². The first-order valence-electron chi connectivity index (χ1n) is 13.5. The summed E-state index contributed by atoms with van der Waals surface area (Å²) in [5.41, 5.74) is 4.08. The first kappa shape index (κ1) is 33.9. The quantitative estimate of drug-likeness (QED) is 0.185. The standard InChI is InChI=1S/C28H31Cl4N3O6S2/c1-3-33-24(18(8-6-12-42(36,37)38)19-14-20(29)21(30)15-25(19)33)9-5-10-28-34(4-2)26-16-22(31)23(32)17-27(26)35(28)11-7-13-43(39,40)41/h5,9-10,14-17H,3-4,6-8,11-13H2,1-2H3,(H,36,37,38)(H,39,40,41)/b9-5+,28-10-. The van der Waals surface area contributed by atoms with Crippen LogP contribution in [0.15, 0.2) is 42.2 Å². The highest BCUT2D eigenvalue weighted by Gasteiger charge is 2.31. The van der Waals surface area contributed by atoms with Gasteiger partial charge in [0.15, 0.2) is 0 Å². The molecular weight excluding hydrogens is 680 g/mol. The van der Waals surface area contributed by atoms with Crippen LogP contribution in [0.1, 0.15) is 37.9 Å². The molecule has 0 saturated heterocycles. The molecule has 0 bridgehead atoms. The topological polar surface area (TPSA) is 120 Å². The van der Waals surface area contributed by atoms with Crippen LogP contribution in [-0.4, -0.2) is 55.1 Å². The Labute approximate surface area is 271 Å². The molecule has 0 saturated carbocycles. The zero-order valence-corrected chi connectivity index (χ0v) is 28.1. The van der Waals surface area contributed by atoms with Crippen molar-refractivity contribution in [2.24, 2.45) is 0 Å². The molecule has 0 radical (unpaired) electrons. The van der Waals surface area contributed by atoms with Gasteiger partial charge in [0.1, 0.15) is 5.82 Å². The van der Waals surface area contributed by atoms with Crippen molar-refractivity contribution in [2.45, 2.75) is 39.7 Å². The molecule has 0 atom stereocenters. The van der Waals surface area contributed by atoms with Crippen LogP contribution in [0.25, 0.3) is 17.0 Å². The van der Waals surface area contributed by atoms with Crippen LogP contribution >= 0.6 is 46.4 Å². The van der Waals surface area contributed by atoms with E-state index in [4.69, 9.17) is 46.4 Å². The number of nitrogens with zero attached hydrogens (tertiary/aromatic N) is 3. The van der Waals surface area contributed by atoms with Gasteiger partial charge in [0, 0.05) is 30.7 Å². The summed E-state index contributed by atoms with van der Waals surface area (Å²) in [5.74, 6) is -0.0295. The first-order valence-corrected chi connectivity index (χ1v) is 18.2. The molecule has 0 fully saturated rings. The molecule has 9 nitrogen and oxygen atoms in total. The summed E-state index contributed by atoms with van der Waals surface area (Å²) in [6.07, 6.45) is 6.39. The van der Waals surface area contributed by atoms with Gasteiger partial charge in [-0.3, -0.25) is 9.11 Å². The predicted octanol–water partition coefficient (Wildman–Crippen LogP) is 7.57. The van der Waals surface area contributed by atoms with E-state index in [-0.39, 0.29) is 25.1 Å². The molecule has 0 amide bonds. The number of benzene rings is 2. The third kappa shape index (κ3) is 7.83. The van der Waals surface area contributed by atoms with Crippen molar-refractivity contribution in [3.8, 4) is 0 Å². The Morgan fingerprint density at radius 2 is 1.33 bits per heavy atom. The van der Waals surface area contributed by atoms with Gasteiger partial charge in [-0.05, 0) is 75.1 Å². The Morgan fingerprint density at radius 3 is 1.91 bits per heavy atom. The maximum atomic E-state index is 11.4. The zero-order chi connectivity index (χ0) is 31.7. The molecule has 1 aromatic heterocycles. The maximum absolute atomic E-state index is 11.4. The lowest BCUT2D eigenvalue weighted by molar-refractivity contribution is 0.479. The Bertz CT molecular complexity index is 1820. The lowest BCUT2D eigenvalue weighted by Crippen LogP contribution is -2.29. The highest BCUT2D eigenvalue weighted by molar-refractivity contribution is 7.86. The molecule has 2 aromatic carbocycles. The van der Waals surface area contributed by atoms with Gasteiger partial charge in [-0.1, -0.05) is 52.5 Å². The summed E-state index contributed by atoms with van der Waals surface area (Å²) < 4.78 is 66.3. The molecular formula is C28H31Cl4N3O6S2. The summed E-state index contributed by atoms with van der Waals surface area (Å²) in [5, 5.41) is 2.33. The number of aromatic nitrogens is 1. The highest BCUT2D eigenvalue weighted by atomic mass is 35.5. The second-order valence-corrected chi connectivity index (χ2v) is 14.7. The number of hydrogen-bond donors (Lipinski definition) is 2. The van der Waals surface area contributed by atoms with Gasteiger partial charge < -0.3 is 14.4 Å². The molecule has 234 valence electrons. The van der Waals surface area contributed by atoms with Crippen LogP contribution in [0.3, 0.4) is 0 Å². The van der Waals surface area contributed by atoms with E-state index in [1.807, 2.05) is 41.9 Å². The normalized spacial score (nSPS) is 15.0. The molecule has 1 aliphatic rings. The van der Waals surface area contributed by atoms with Crippen molar-refractivity contribution < 1.29 is 25.9 Å². The molecule has 0 unspecified atom stereocenters. The van der Waals surface area contributed by atoms with E-state index in [0.29, 0.717) is 39.6 Å². The fourth-order valence-corrected chi connectivity index (χ4v) is 7.03. The Balaban J connectivity index is 1.80. The SMILES string of the molecule is CCN1/C(=C/C=C/c2c(CCCS(=O)(=O)O)c3cc(Cl)c(Cl)cc3n2CC)N(CCCS(=O)(=O)O)c2cc(Cl)c(Cl)cc21. The van der Waals surface area contributed by atoms with Gasteiger partial charge in [0.2, 0.25) is 0 Å². The Kier molecular flexibility index (Phi) is 10.7. The molecule has 43 heavy (non-hydrogen) atoms. The second kappa shape index (κ2) is 13.6. The monoisotopic (exact) mass is 709 g/mol. The van der Waals surface area contributed by atoms with Crippen LogP contribution < -0.4 is 9.80 Å². The third-order valence-electron chi connectivity index (χ3n) is 7.15. The maximum Gasteiger partial charge on any atom is 0.264 e. The van der Waals surface area contributed by atoms with Crippen molar-refractivity contribution in [1.29, 1.82) is 0 Å². The van der Waals surface area contributed by atoms with E-state index in [1.165, 1.54) is 0 Å². The van der Waals surface area contributed by atoms with Crippen LogP contribution in [-0.2, 0) is 33.2 Å². The number of rotatable bonds is 12. The van der Waals surface area contributed by atoms with E-state index >= 15 is 0 Å². The van der Waals surface area contributed by atoms with Crippen molar-refractivity contribution in [3.05, 3.63) is 73.6 Å². The number of allylic oxidation sites excluding steroid dienone is 2. The molecule has 0 aliphatic carbocycles. The van der Waals surface area contributed by atoms with Gasteiger partial charge in [-0.2, -0.15) is 16.8 Å². The van der Waals surface area contributed by atoms with Gasteiger partial charge >= 0.3 is 0 Å². The van der Waals surface area contributed by atoms with Crippen LogP contribution in [0.2, 0.25) is 20.1 Å². The average Bonchev–Trinajstić information content (AvgIpc) is 3.34. The summed E-state index contributed by atoms with van der Waals surface area (Å²) in [6.45, 7) is 5.41. The second-order valence-electron chi connectivity index (χ2n) is 9.96. The van der Waals surface area contributed by atoms with Crippen molar-refractivity contribution >= 4 is 95.0 Å². The zero-order valence-electron chi connectivity index (χ0n) is 23.4. The van der Waals surface area contributed by atoms with E-state index < -0.39 is 26.0 Å². The molecule has 2 N–H and O–H groups in total. The van der Waals surface area contributed by atoms with E-state index in [0.717, 1.165) is 39.4 Å². The van der Waals surface area contributed by atoms with Gasteiger partial charge in [0.05, 0.1) is 48.5 Å². The minimum absolute atomic E-state index is 0.167. The summed E-state index contributed by atoms with van der Waals surface area (Å²) in [6, 6.07) is 7.04. The van der Waals surface area contributed by atoms with Gasteiger partial charge in [-0.15, -0.1) is 0 Å². The minimum Gasteiger partial charge on any atom is -0.341 e. The fraction of sp³-hybridized carbons (Fsp3) is 0.357. The lowest BCUT2D eigenvalue weighted by Gasteiger charge is -2.24. The van der Waals surface area contributed by atoms with E-state index in [2.05, 4.69) is 4.57 Å². The highest BCUT2D eigenvalue weighted by Crippen LogP contribution is 2.45. The molecule has 3 aromatic rings.